The summed E-state index contributed by atoms with van der Waals surface area (Å²) in [6.07, 6.45) is 1.93. The quantitative estimate of drug-likeness (QED) is 0.777. The fourth-order valence-electron chi connectivity index (χ4n) is 3.66. The molecule has 110 valence electrons. The molecule has 2 fully saturated rings. The van der Waals surface area contributed by atoms with Crippen molar-refractivity contribution in [3.8, 4) is 0 Å². The number of hydrogen-bond donors (Lipinski definition) is 0. The molecule has 0 radical (unpaired) electrons. The zero-order valence-electron chi connectivity index (χ0n) is 12.4. The Morgan fingerprint density at radius 3 is 2.60 bits per heavy atom. The van der Waals surface area contributed by atoms with Gasteiger partial charge in [-0.05, 0) is 24.8 Å². The summed E-state index contributed by atoms with van der Waals surface area (Å²) >= 11 is 6.55. The van der Waals surface area contributed by atoms with Crippen LogP contribution in [-0.2, 0) is 16.1 Å². The second kappa shape index (κ2) is 5.01. The predicted molar refractivity (Wildman–Crippen MR) is 81.0 cm³/mol. The number of hydrogen-bond acceptors (Lipinski definition) is 2. The summed E-state index contributed by atoms with van der Waals surface area (Å²) in [4.78, 5) is 0. The van der Waals surface area contributed by atoms with E-state index in [2.05, 4.69) is 32.9 Å². The van der Waals surface area contributed by atoms with E-state index in [-0.39, 0.29) is 22.7 Å². The molecule has 0 aliphatic carbocycles. The van der Waals surface area contributed by atoms with E-state index in [1.807, 2.05) is 18.2 Å². The molecule has 0 spiro atoms. The molecule has 2 saturated heterocycles. The molecule has 2 aliphatic rings. The summed E-state index contributed by atoms with van der Waals surface area (Å²) in [5.41, 5.74) is 0.767. The van der Waals surface area contributed by atoms with Gasteiger partial charge in [-0.15, -0.1) is 11.6 Å². The second-order valence-electron chi connectivity index (χ2n) is 6.69. The van der Waals surface area contributed by atoms with Crippen LogP contribution in [-0.4, -0.2) is 22.7 Å². The first-order valence-corrected chi connectivity index (χ1v) is 7.90. The minimum Gasteiger partial charge on any atom is -0.370 e. The maximum Gasteiger partial charge on any atom is 0.0939 e. The monoisotopic (exact) mass is 294 g/mol. The van der Waals surface area contributed by atoms with Gasteiger partial charge in [-0.3, -0.25) is 0 Å². The maximum atomic E-state index is 6.55. The fourth-order valence-corrected chi connectivity index (χ4v) is 4.35. The van der Waals surface area contributed by atoms with Crippen molar-refractivity contribution in [2.45, 2.75) is 62.9 Å². The topological polar surface area (TPSA) is 18.5 Å². The highest BCUT2D eigenvalue weighted by Crippen LogP contribution is 2.57. The van der Waals surface area contributed by atoms with Crippen molar-refractivity contribution < 1.29 is 9.47 Å². The molecule has 20 heavy (non-hydrogen) atoms. The van der Waals surface area contributed by atoms with Crippen LogP contribution in [0.5, 0.6) is 0 Å². The van der Waals surface area contributed by atoms with E-state index in [0.717, 1.165) is 12.8 Å². The van der Waals surface area contributed by atoms with E-state index in [1.165, 1.54) is 5.56 Å². The van der Waals surface area contributed by atoms with Crippen molar-refractivity contribution in [2.24, 2.45) is 5.92 Å². The summed E-state index contributed by atoms with van der Waals surface area (Å²) in [5, 5.41) is 0.101. The average Bonchev–Trinajstić information content (AvgIpc) is 2.85. The number of rotatable bonds is 4. The molecule has 1 aromatic carbocycles. The molecule has 0 amide bonds. The Bertz CT molecular complexity index is 475. The van der Waals surface area contributed by atoms with Gasteiger partial charge in [0.15, 0.2) is 0 Å². The number of alkyl halides is 1. The van der Waals surface area contributed by atoms with Crippen LogP contribution >= 0.6 is 11.6 Å². The SMILES string of the molecule is CC(C)[C@]12C[C@@H](OCc3ccccc3)[C@](C)(C[C@@H]1Cl)O2. The van der Waals surface area contributed by atoms with E-state index in [1.54, 1.807) is 0 Å². The first-order valence-electron chi connectivity index (χ1n) is 7.46. The highest BCUT2D eigenvalue weighted by molar-refractivity contribution is 6.21. The molecule has 0 unspecified atom stereocenters. The number of benzene rings is 1. The molecule has 2 aliphatic heterocycles. The molecule has 2 nitrogen and oxygen atoms in total. The van der Waals surface area contributed by atoms with Gasteiger partial charge < -0.3 is 9.47 Å². The van der Waals surface area contributed by atoms with Crippen LogP contribution in [0.2, 0.25) is 0 Å². The van der Waals surface area contributed by atoms with E-state index in [9.17, 15) is 0 Å². The highest BCUT2D eigenvalue weighted by atomic mass is 35.5. The van der Waals surface area contributed by atoms with Gasteiger partial charge in [0.1, 0.15) is 0 Å². The summed E-state index contributed by atoms with van der Waals surface area (Å²) in [5.74, 6) is 0.414. The molecule has 0 aromatic heterocycles. The lowest BCUT2D eigenvalue weighted by Crippen LogP contribution is -2.45. The van der Waals surface area contributed by atoms with Crippen LogP contribution in [0, 0.1) is 5.92 Å². The van der Waals surface area contributed by atoms with E-state index < -0.39 is 0 Å². The van der Waals surface area contributed by atoms with Gasteiger partial charge >= 0.3 is 0 Å². The Kier molecular flexibility index (Phi) is 3.60. The zero-order chi connectivity index (χ0) is 14.4. The smallest absolute Gasteiger partial charge is 0.0939 e. The third-order valence-electron chi connectivity index (χ3n) is 4.99. The molecule has 4 atom stereocenters. The van der Waals surface area contributed by atoms with Crippen LogP contribution in [0.15, 0.2) is 30.3 Å². The Hall–Kier alpha value is -0.570. The van der Waals surface area contributed by atoms with Crippen molar-refractivity contribution in [1.29, 1.82) is 0 Å². The Morgan fingerprint density at radius 2 is 2.00 bits per heavy atom. The Labute approximate surface area is 126 Å². The van der Waals surface area contributed by atoms with Gasteiger partial charge in [-0.25, -0.2) is 0 Å². The second-order valence-corrected chi connectivity index (χ2v) is 7.21. The third-order valence-corrected chi connectivity index (χ3v) is 5.52. The van der Waals surface area contributed by atoms with Crippen molar-refractivity contribution in [1.82, 2.24) is 0 Å². The molecule has 2 bridgehead atoms. The summed E-state index contributed by atoms with van der Waals surface area (Å²) in [7, 11) is 0. The first-order chi connectivity index (χ1) is 9.46. The number of ether oxygens (including phenoxy) is 2. The minimum absolute atomic E-state index is 0.101. The zero-order valence-corrected chi connectivity index (χ0v) is 13.2. The van der Waals surface area contributed by atoms with Crippen LogP contribution < -0.4 is 0 Å². The Morgan fingerprint density at radius 1 is 1.30 bits per heavy atom. The highest BCUT2D eigenvalue weighted by Gasteiger charge is 2.65. The lowest BCUT2D eigenvalue weighted by molar-refractivity contribution is -0.0957. The lowest BCUT2D eigenvalue weighted by Gasteiger charge is -2.35. The van der Waals surface area contributed by atoms with Crippen LogP contribution in [0.25, 0.3) is 0 Å². The fraction of sp³-hybridized carbons (Fsp3) is 0.647. The summed E-state index contributed by atoms with van der Waals surface area (Å²) in [6.45, 7) is 7.18. The van der Waals surface area contributed by atoms with Crippen molar-refractivity contribution in [2.75, 3.05) is 0 Å². The van der Waals surface area contributed by atoms with E-state index >= 15 is 0 Å². The molecular weight excluding hydrogens is 272 g/mol. The number of halogens is 1. The largest absolute Gasteiger partial charge is 0.370 e. The molecule has 3 rings (SSSR count). The normalized spacial score (nSPS) is 39.6. The van der Waals surface area contributed by atoms with E-state index in [4.69, 9.17) is 21.1 Å². The maximum absolute atomic E-state index is 6.55. The lowest BCUT2D eigenvalue weighted by atomic mass is 9.75. The molecular formula is C17H23ClO2. The third kappa shape index (κ3) is 2.18. The molecule has 3 heteroatoms. The van der Waals surface area contributed by atoms with Crippen molar-refractivity contribution in [3.63, 3.8) is 0 Å². The van der Waals surface area contributed by atoms with Gasteiger partial charge in [0, 0.05) is 6.42 Å². The summed E-state index contributed by atoms with van der Waals surface area (Å²) in [6, 6.07) is 10.3. The summed E-state index contributed by atoms with van der Waals surface area (Å²) < 4.78 is 12.5. The van der Waals surface area contributed by atoms with Crippen LogP contribution in [0.4, 0.5) is 0 Å². The molecule has 0 saturated carbocycles. The van der Waals surface area contributed by atoms with Gasteiger partial charge in [0.25, 0.3) is 0 Å². The average molecular weight is 295 g/mol. The first kappa shape index (κ1) is 14.4. The van der Waals surface area contributed by atoms with Gasteiger partial charge in [-0.2, -0.15) is 0 Å². The molecule has 1 aromatic rings. The Balaban J connectivity index is 1.71. The minimum atomic E-state index is -0.231. The van der Waals surface area contributed by atoms with Crippen LogP contribution in [0.1, 0.15) is 39.2 Å². The number of fused-ring (bicyclic) bond motifs is 2. The van der Waals surface area contributed by atoms with Crippen LogP contribution in [0.3, 0.4) is 0 Å². The standard InChI is InChI=1S/C17H23ClO2/c1-12(2)17-10-15(16(3,20-17)9-14(17)18)19-11-13-7-5-4-6-8-13/h4-8,12,14-15H,9-11H2,1-3H3/t14-,15+,16-,17+/m0/s1. The van der Waals surface area contributed by atoms with Gasteiger partial charge in [0.2, 0.25) is 0 Å². The predicted octanol–water partition coefficient (Wildman–Crippen LogP) is 4.16. The molecule has 0 N–H and O–H groups in total. The van der Waals surface area contributed by atoms with Crippen molar-refractivity contribution >= 4 is 11.6 Å². The van der Waals surface area contributed by atoms with E-state index in [0.29, 0.717) is 12.5 Å². The van der Waals surface area contributed by atoms with Gasteiger partial charge in [-0.1, -0.05) is 44.2 Å². The van der Waals surface area contributed by atoms with Crippen molar-refractivity contribution in [3.05, 3.63) is 35.9 Å². The van der Waals surface area contributed by atoms with Gasteiger partial charge in [0.05, 0.1) is 29.3 Å². The molecule has 2 heterocycles.